The van der Waals surface area contributed by atoms with Crippen molar-refractivity contribution in [3.05, 3.63) is 301 Å². The molecule has 0 aliphatic rings. The van der Waals surface area contributed by atoms with Crippen molar-refractivity contribution in [2.45, 2.75) is 55.4 Å². The van der Waals surface area contributed by atoms with Crippen LogP contribution in [0.15, 0.2) is 239 Å². The zero-order valence-electron chi connectivity index (χ0n) is 45.6. The number of thiophene rings is 1. The van der Waals surface area contributed by atoms with Crippen LogP contribution >= 0.6 is 27.3 Å². The average molecular weight is 1100 g/mol. The molecule has 4 aromatic heterocycles. The topological polar surface area (TPSA) is 64.9 Å². The summed E-state index contributed by atoms with van der Waals surface area (Å²) in [7, 11) is 0. The Morgan fingerprint density at radius 1 is 0.423 bits per heavy atom. The molecular weight excluding hydrogens is 1030 g/mol. The van der Waals surface area contributed by atoms with Gasteiger partial charge < -0.3 is 10.2 Å². The molecule has 0 bridgehead atoms. The minimum atomic E-state index is 0.683. The summed E-state index contributed by atoms with van der Waals surface area (Å²) in [6.07, 6.45) is 1.87. The average Bonchev–Trinajstić information content (AvgIpc) is 4.04. The molecule has 4 heterocycles. The molecule has 0 spiro atoms. The first-order chi connectivity index (χ1) is 37.8. The van der Waals surface area contributed by atoms with Gasteiger partial charge in [-0.3, -0.25) is 9.97 Å². The Kier molecular flexibility index (Phi) is 25.8. The van der Waals surface area contributed by atoms with E-state index in [4.69, 9.17) is 10.2 Å². The Balaban J connectivity index is 0.000000173. The first kappa shape index (κ1) is 59.7. The molecular formula is C72H64BrN3OS. The summed E-state index contributed by atoms with van der Waals surface area (Å²) < 4.78 is 6.58. The quantitative estimate of drug-likeness (QED) is 0.121. The number of anilines is 1. The van der Waals surface area contributed by atoms with E-state index in [1.165, 1.54) is 41.7 Å². The van der Waals surface area contributed by atoms with E-state index in [-0.39, 0.29) is 0 Å². The number of aromatic nitrogens is 2. The van der Waals surface area contributed by atoms with Crippen LogP contribution in [0.4, 0.5) is 5.69 Å². The molecule has 0 saturated heterocycles. The van der Waals surface area contributed by atoms with E-state index in [1.807, 2.05) is 204 Å². The van der Waals surface area contributed by atoms with E-state index in [9.17, 15) is 0 Å². The van der Waals surface area contributed by atoms with Crippen LogP contribution in [-0.2, 0) is 0 Å². The van der Waals surface area contributed by atoms with E-state index >= 15 is 0 Å². The second-order valence-corrected chi connectivity index (χ2v) is 20.4. The van der Waals surface area contributed by atoms with Gasteiger partial charge in [0.2, 0.25) is 0 Å². The number of pyridine rings is 2. The maximum Gasteiger partial charge on any atom is 0.134 e. The normalized spacial score (nSPS) is 9.24. The highest BCUT2D eigenvalue weighted by molar-refractivity contribution is 9.11. The largest absolute Gasteiger partial charge is 0.461 e. The minimum Gasteiger partial charge on any atom is -0.461 e. The fourth-order valence-electron chi connectivity index (χ4n) is 6.58. The molecule has 11 rings (SSSR count). The maximum atomic E-state index is 5.78. The standard InChI is InChI=1S/C17H13N.C17H12.C10H9N.C9H8O.C7H9N.C7H8.C5H5BrS/c1-14-10-12-15(13-11-14)6-2-3-7-16-8-4-5-9-17(16)18;1-15-11-13-17(14-12-15)10-6-5-9-16-7-3-2-4-8-16;1-8-6-7-9-4-2-3-5-10(9)11-8;1-7-6-8-4-2-3-5-9(8)10-7;1-6-3-4-7(2)8-5-6;1-7-5-3-2-4-6-7;1-4-2-3-5(6)7-4/h4-5,8-13H,18H2,1H3;2-4,7-8,11-14H,1H3;2-7H,1H3;2-6H,1H3;3-5H,1-2H3;2-6H,1H3;2-3H,1H3. The van der Waals surface area contributed by atoms with E-state index in [0.29, 0.717) is 5.69 Å². The molecule has 4 nitrogen and oxygen atoms in total. The fraction of sp³-hybridized carbons (Fsp3) is 0.111. The van der Waals surface area contributed by atoms with Gasteiger partial charge in [-0.15, -0.1) is 11.3 Å². The van der Waals surface area contributed by atoms with Crippen LogP contribution in [0, 0.1) is 103 Å². The monoisotopic (exact) mass is 1100 g/mol. The lowest BCUT2D eigenvalue weighted by atomic mass is 10.1. The number of benzene rings is 7. The molecule has 0 unspecified atom stereocenters. The number of halogens is 1. The zero-order chi connectivity index (χ0) is 55.7. The summed E-state index contributed by atoms with van der Waals surface area (Å²) in [4.78, 5) is 9.81. The summed E-state index contributed by atoms with van der Waals surface area (Å²) >= 11 is 5.11. The molecule has 6 heteroatoms. The summed E-state index contributed by atoms with van der Waals surface area (Å²) in [5, 5.41) is 2.39. The van der Waals surface area contributed by atoms with Gasteiger partial charge in [0, 0.05) is 61.2 Å². The molecule has 7 aromatic carbocycles. The van der Waals surface area contributed by atoms with Gasteiger partial charge in [0.25, 0.3) is 0 Å². The molecule has 0 aliphatic heterocycles. The van der Waals surface area contributed by atoms with Crippen molar-refractivity contribution < 1.29 is 4.42 Å². The highest BCUT2D eigenvalue weighted by atomic mass is 79.9. The Bertz CT molecular complexity index is 3730. The lowest BCUT2D eigenvalue weighted by molar-refractivity contribution is 0.578. The predicted molar refractivity (Wildman–Crippen MR) is 336 cm³/mol. The van der Waals surface area contributed by atoms with Crippen molar-refractivity contribution in [2.24, 2.45) is 0 Å². The number of nitrogens with two attached hydrogens (primary N) is 1. The molecule has 78 heavy (non-hydrogen) atoms. The number of fused-ring (bicyclic) bond motifs is 2. The molecule has 386 valence electrons. The van der Waals surface area contributed by atoms with E-state index < -0.39 is 0 Å². The van der Waals surface area contributed by atoms with Crippen molar-refractivity contribution >= 4 is 54.8 Å². The van der Waals surface area contributed by atoms with E-state index in [2.05, 4.69) is 156 Å². The van der Waals surface area contributed by atoms with Crippen molar-refractivity contribution in [3.8, 4) is 47.4 Å². The molecule has 11 aromatic rings. The number of para-hydroxylation sites is 3. The third kappa shape index (κ3) is 24.0. The number of nitrogen functional groups attached to an aromatic ring is 1. The summed E-state index contributed by atoms with van der Waals surface area (Å²) in [5.74, 6) is 24.3. The third-order valence-corrected chi connectivity index (χ3v) is 12.3. The molecule has 0 atom stereocenters. The Morgan fingerprint density at radius 2 is 0.910 bits per heavy atom. The molecule has 0 fully saturated rings. The van der Waals surface area contributed by atoms with Gasteiger partial charge in [-0.2, -0.15) is 0 Å². The van der Waals surface area contributed by atoms with E-state index in [1.54, 1.807) is 11.3 Å². The first-order valence-corrected chi connectivity index (χ1v) is 26.9. The Hall–Kier alpha value is -9.14. The van der Waals surface area contributed by atoms with Crippen LogP contribution in [-0.4, -0.2) is 9.97 Å². The molecule has 2 N–H and O–H groups in total. The highest BCUT2D eigenvalue weighted by Gasteiger charge is 1.96. The van der Waals surface area contributed by atoms with E-state index in [0.717, 1.165) is 50.5 Å². The molecule has 0 amide bonds. The summed E-state index contributed by atoms with van der Waals surface area (Å²) in [6, 6.07) is 74.3. The maximum absolute atomic E-state index is 5.78. The Labute approximate surface area is 475 Å². The minimum absolute atomic E-state index is 0.683. The summed E-state index contributed by atoms with van der Waals surface area (Å²) in [6.45, 7) is 16.3. The first-order valence-electron chi connectivity index (χ1n) is 25.3. The number of hydrogen-bond acceptors (Lipinski definition) is 5. The SMILES string of the molecule is Cc1cc2ccccc2o1.Cc1ccc(Br)s1.Cc1ccc(C#CC#Cc2ccccc2)cc1.Cc1ccc(C#CC#Cc2ccccc2N)cc1.Cc1ccc(C)nc1.Cc1ccc2ccccc2n1.Cc1ccccc1. The number of aryl methyl sites for hydroxylation is 8. The van der Waals surface area contributed by atoms with Gasteiger partial charge in [0.1, 0.15) is 11.3 Å². The van der Waals surface area contributed by atoms with Gasteiger partial charge in [0.15, 0.2) is 0 Å². The van der Waals surface area contributed by atoms with Gasteiger partial charge >= 0.3 is 0 Å². The van der Waals surface area contributed by atoms with Gasteiger partial charge in [-0.1, -0.05) is 174 Å². The summed E-state index contributed by atoms with van der Waals surface area (Å²) in [5.41, 5.74) is 19.4. The zero-order valence-corrected chi connectivity index (χ0v) is 48.0. The van der Waals surface area contributed by atoms with Crippen LogP contribution in [0.3, 0.4) is 0 Å². The lowest BCUT2D eigenvalue weighted by Gasteiger charge is -1.95. The number of hydrogen-bond donors (Lipinski definition) is 1. The molecule has 0 saturated carbocycles. The number of rotatable bonds is 0. The van der Waals surface area contributed by atoms with Crippen LogP contribution in [0.1, 0.15) is 66.5 Å². The second-order valence-electron chi connectivity index (χ2n) is 17.7. The van der Waals surface area contributed by atoms with Gasteiger partial charge in [-0.05, 0) is 192 Å². The fourth-order valence-corrected chi connectivity index (χ4v) is 8.06. The predicted octanol–water partition coefficient (Wildman–Crippen LogP) is 18.2. The number of nitrogens with zero attached hydrogens (tertiary/aromatic N) is 2. The molecule has 0 radical (unpaired) electrons. The third-order valence-electron chi connectivity index (χ3n) is 10.8. The van der Waals surface area contributed by atoms with Crippen molar-refractivity contribution in [1.82, 2.24) is 9.97 Å². The smallest absolute Gasteiger partial charge is 0.134 e. The molecule has 0 aliphatic carbocycles. The van der Waals surface area contributed by atoms with Gasteiger partial charge in [0.05, 0.1) is 9.30 Å². The number of furan rings is 1. The van der Waals surface area contributed by atoms with Crippen LogP contribution < -0.4 is 5.73 Å². The second kappa shape index (κ2) is 33.7. The van der Waals surface area contributed by atoms with Crippen molar-refractivity contribution in [2.75, 3.05) is 5.73 Å². The van der Waals surface area contributed by atoms with Crippen LogP contribution in [0.5, 0.6) is 0 Å². The van der Waals surface area contributed by atoms with Crippen molar-refractivity contribution in [3.63, 3.8) is 0 Å². The van der Waals surface area contributed by atoms with Crippen molar-refractivity contribution in [1.29, 1.82) is 0 Å². The Morgan fingerprint density at radius 3 is 1.41 bits per heavy atom. The van der Waals surface area contributed by atoms with Crippen LogP contribution in [0.25, 0.3) is 21.9 Å². The lowest BCUT2D eigenvalue weighted by Crippen LogP contribution is -1.87. The van der Waals surface area contributed by atoms with Crippen LogP contribution in [0.2, 0.25) is 0 Å². The van der Waals surface area contributed by atoms with Gasteiger partial charge in [-0.25, -0.2) is 0 Å². The highest BCUT2D eigenvalue weighted by Crippen LogP contribution is 2.20.